The largest absolute Gasteiger partial charge is 0.416 e. The third-order valence-corrected chi connectivity index (χ3v) is 10.1. The van der Waals surface area contributed by atoms with E-state index in [1.807, 2.05) is 30.3 Å². The highest BCUT2D eigenvalue weighted by Crippen LogP contribution is 2.42. The van der Waals surface area contributed by atoms with E-state index in [1.165, 1.54) is 0 Å². The standard InChI is InChI=1S/C27H33F3N2O4S/c1-18-12-20(14-22(13-18)27(28,29)30)19(2)36-16-26(21-6-4-3-5-7-21)11-10-25(15-32-26,24(31)33)17-37(34,35)23-8-9-23/h3-7,12-14,19,23,32H,8-11,15-17H2,1-2H3,(H2,31,33)/t19-,25-,26-/m1/s1. The van der Waals surface area contributed by atoms with Crippen molar-refractivity contribution in [1.82, 2.24) is 5.32 Å². The van der Waals surface area contributed by atoms with Crippen molar-refractivity contribution >= 4 is 15.7 Å². The molecule has 0 aromatic heterocycles. The van der Waals surface area contributed by atoms with Crippen LogP contribution in [-0.4, -0.2) is 38.5 Å². The summed E-state index contributed by atoms with van der Waals surface area (Å²) in [6, 6.07) is 13.3. The topological polar surface area (TPSA) is 98.5 Å². The van der Waals surface area contributed by atoms with E-state index < -0.39 is 49.8 Å². The minimum absolute atomic E-state index is 0.0591. The Labute approximate surface area is 215 Å². The number of primary amides is 1. The monoisotopic (exact) mass is 538 g/mol. The van der Waals surface area contributed by atoms with Gasteiger partial charge in [-0.2, -0.15) is 13.2 Å². The summed E-state index contributed by atoms with van der Waals surface area (Å²) in [6.45, 7) is 3.48. The maximum absolute atomic E-state index is 13.3. The van der Waals surface area contributed by atoms with Crippen molar-refractivity contribution in [1.29, 1.82) is 0 Å². The van der Waals surface area contributed by atoms with Gasteiger partial charge in [0.25, 0.3) is 0 Å². The maximum atomic E-state index is 13.3. The van der Waals surface area contributed by atoms with Gasteiger partial charge in [-0.25, -0.2) is 8.42 Å². The molecule has 0 bridgehead atoms. The van der Waals surface area contributed by atoms with E-state index in [1.54, 1.807) is 19.9 Å². The van der Waals surface area contributed by atoms with Crippen LogP contribution in [-0.2, 0) is 31.1 Å². The molecule has 1 aliphatic carbocycles. The summed E-state index contributed by atoms with van der Waals surface area (Å²) in [5, 5.41) is 2.99. The lowest BCUT2D eigenvalue weighted by Crippen LogP contribution is -2.61. The van der Waals surface area contributed by atoms with Crippen LogP contribution in [0.25, 0.3) is 0 Å². The van der Waals surface area contributed by atoms with Crippen LogP contribution in [0.15, 0.2) is 48.5 Å². The summed E-state index contributed by atoms with van der Waals surface area (Å²) >= 11 is 0. The molecule has 202 valence electrons. The fraction of sp³-hybridized carbons (Fsp3) is 0.519. The predicted octanol–water partition coefficient (Wildman–Crippen LogP) is 4.42. The third-order valence-electron chi connectivity index (χ3n) is 7.63. The highest BCUT2D eigenvalue weighted by Gasteiger charge is 2.51. The van der Waals surface area contributed by atoms with Crippen LogP contribution < -0.4 is 11.1 Å². The van der Waals surface area contributed by atoms with E-state index >= 15 is 0 Å². The summed E-state index contributed by atoms with van der Waals surface area (Å²) in [5.41, 5.74) is 4.80. The lowest BCUT2D eigenvalue weighted by molar-refractivity contribution is -0.137. The van der Waals surface area contributed by atoms with E-state index in [4.69, 9.17) is 10.5 Å². The van der Waals surface area contributed by atoms with E-state index in [2.05, 4.69) is 5.32 Å². The van der Waals surface area contributed by atoms with Gasteiger partial charge in [0.15, 0.2) is 9.84 Å². The molecule has 1 saturated heterocycles. The SMILES string of the molecule is Cc1cc([C@@H](C)OC[C@@]2(c3ccccc3)CC[C@@](CS(=O)(=O)C3CC3)(C(N)=O)CN2)cc(C(F)(F)F)c1. The Morgan fingerprint density at radius 3 is 2.38 bits per heavy atom. The van der Waals surface area contributed by atoms with Crippen LogP contribution in [0.3, 0.4) is 0 Å². The molecule has 1 amide bonds. The van der Waals surface area contributed by atoms with Crippen molar-refractivity contribution in [2.24, 2.45) is 11.1 Å². The van der Waals surface area contributed by atoms with E-state index in [0.29, 0.717) is 30.4 Å². The quantitative estimate of drug-likeness (QED) is 0.493. The highest BCUT2D eigenvalue weighted by molar-refractivity contribution is 7.92. The maximum Gasteiger partial charge on any atom is 0.416 e. The number of halogens is 3. The molecule has 1 heterocycles. The second-order valence-electron chi connectivity index (χ2n) is 10.5. The van der Waals surface area contributed by atoms with Crippen LogP contribution >= 0.6 is 0 Å². The van der Waals surface area contributed by atoms with Gasteiger partial charge in [-0.05, 0) is 62.8 Å². The molecular formula is C27H33F3N2O4S. The summed E-state index contributed by atoms with van der Waals surface area (Å²) < 4.78 is 71.7. The number of nitrogens with two attached hydrogens (primary N) is 1. The van der Waals surface area contributed by atoms with Gasteiger partial charge in [0, 0.05) is 6.54 Å². The van der Waals surface area contributed by atoms with Crippen LogP contribution in [0, 0.1) is 12.3 Å². The third kappa shape index (κ3) is 6.02. The molecule has 37 heavy (non-hydrogen) atoms. The predicted molar refractivity (Wildman–Crippen MR) is 134 cm³/mol. The van der Waals surface area contributed by atoms with Gasteiger partial charge in [-0.3, -0.25) is 4.79 Å². The Hall–Kier alpha value is -2.43. The average Bonchev–Trinajstić information content (AvgIpc) is 3.69. The first-order chi connectivity index (χ1) is 17.3. The molecule has 1 aliphatic heterocycles. The fourth-order valence-electron chi connectivity index (χ4n) is 5.09. The van der Waals surface area contributed by atoms with Crippen LogP contribution in [0.1, 0.15) is 61.0 Å². The number of carbonyl (C=O) groups is 1. The number of hydrogen-bond donors (Lipinski definition) is 2. The molecule has 2 aliphatic rings. The molecule has 3 N–H and O–H groups in total. The molecule has 2 fully saturated rings. The minimum Gasteiger partial charge on any atom is -0.372 e. The van der Waals surface area contributed by atoms with Crippen molar-refractivity contribution in [2.75, 3.05) is 18.9 Å². The number of nitrogens with one attached hydrogen (secondary N) is 1. The first kappa shape index (κ1) is 27.6. The number of aryl methyl sites for hydroxylation is 1. The normalized spacial score (nSPS) is 25.5. The van der Waals surface area contributed by atoms with Gasteiger partial charge in [0.2, 0.25) is 5.91 Å². The Kier molecular flexibility index (Phi) is 7.49. The number of rotatable bonds is 9. The Morgan fingerprint density at radius 1 is 1.16 bits per heavy atom. The van der Waals surface area contributed by atoms with Crippen LogP contribution in [0.5, 0.6) is 0 Å². The second-order valence-corrected chi connectivity index (χ2v) is 12.8. The molecule has 0 unspecified atom stereocenters. The zero-order valence-electron chi connectivity index (χ0n) is 21.0. The van der Waals surface area contributed by atoms with Gasteiger partial charge in [-0.1, -0.05) is 42.0 Å². The molecule has 2 aromatic carbocycles. The lowest BCUT2D eigenvalue weighted by atomic mass is 9.72. The number of piperidine rings is 1. The molecule has 0 spiro atoms. The number of sulfone groups is 1. The number of amides is 1. The van der Waals surface area contributed by atoms with Gasteiger partial charge in [-0.15, -0.1) is 0 Å². The lowest BCUT2D eigenvalue weighted by Gasteiger charge is -2.46. The molecule has 3 atom stereocenters. The minimum atomic E-state index is -4.46. The highest BCUT2D eigenvalue weighted by atomic mass is 32.2. The van der Waals surface area contributed by atoms with Gasteiger partial charge in [0.1, 0.15) is 0 Å². The van der Waals surface area contributed by atoms with Crippen molar-refractivity contribution in [3.63, 3.8) is 0 Å². The second kappa shape index (κ2) is 10.0. The molecular weight excluding hydrogens is 505 g/mol. The smallest absolute Gasteiger partial charge is 0.372 e. The fourth-order valence-corrected chi connectivity index (χ4v) is 7.34. The first-order valence-electron chi connectivity index (χ1n) is 12.4. The van der Waals surface area contributed by atoms with Crippen LogP contribution in [0.2, 0.25) is 0 Å². The molecule has 2 aromatic rings. The van der Waals surface area contributed by atoms with Gasteiger partial charge >= 0.3 is 6.18 Å². The summed E-state index contributed by atoms with van der Waals surface area (Å²) in [4.78, 5) is 12.5. The van der Waals surface area contributed by atoms with Crippen molar-refractivity contribution in [3.05, 3.63) is 70.8 Å². The Balaban J connectivity index is 1.57. The molecule has 1 saturated carbocycles. The van der Waals surface area contributed by atoms with Gasteiger partial charge < -0.3 is 15.8 Å². The molecule has 6 nitrogen and oxygen atoms in total. The Morgan fingerprint density at radius 2 is 1.84 bits per heavy atom. The van der Waals surface area contributed by atoms with Crippen molar-refractivity contribution in [2.45, 2.75) is 62.6 Å². The number of alkyl halides is 3. The summed E-state index contributed by atoms with van der Waals surface area (Å²) in [6.07, 6.45) is -3.26. The Bertz CT molecular complexity index is 1240. The average molecular weight is 539 g/mol. The van der Waals surface area contributed by atoms with Crippen LogP contribution in [0.4, 0.5) is 13.2 Å². The number of hydrogen-bond acceptors (Lipinski definition) is 5. The number of ether oxygens (including phenoxy) is 1. The van der Waals surface area contributed by atoms with Crippen molar-refractivity contribution < 1.29 is 31.1 Å². The van der Waals surface area contributed by atoms with Gasteiger partial charge in [0.05, 0.1) is 40.2 Å². The summed E-state index contributed by atoms with van der Waals surface area (Å²) in [7, 11) is -3.44. The molecule has 0 radical (unpaired) electrons. The molecule has 4 rings (SSSR count). The van der Waals surface area contributed by atoms with E-state index in [0.717, 1.165) is 17.7 Å². The van der Waals surface area contributed by atoms with Crippen molar-refractivity contribution in [3.8, 4) is 0 Å². The number of benzene rings is 2. The molecule has 10 heteroatoms. The zero-order valence-corrected chi connectivity index (χ0v) is 21.8. The van der Waals surface area contributed by atoms with E-state index in [9.17, 15) is 26.4 Å². The number of carbonyl (C=O) groups excluding carboxylic acids is 1. The summed E-state index contributed by atoms with van der Waals surface area (Å²) in [5.74, 6) is -0.946. The van der Waals surface area contributed by atoms with E-state index in [-0.39, 0.29) is 25.3 Å². The first-order valence-corrected chi connectivity index (χ1v) is 14.1. The zero-order chi connectivity index (χ0) is 27.1.